The Labute approximate surface area is 109 Å². The van der Waals surface area contributed by atoms with Gasteiger partial charge in [0.2, 0.25) is 5.82 Å². The molecule has 0 unspecified atom stereocenters. The van der Waals surface area contributed by atoms with E-state index >= 15 is 0 Å². The molecule has 0 aliphatic carbocycles. The monoisotopic (exact) mass is 270 g/mol. The molecule has 18 heavy (non-hydrogen) atoms. The molecule has 0 amide bonds. The molecule has 1 rings (SSSR count). The summed E-state index contributed by atoms with van der Waals surface area (Å²) in [5.41, 5.74) is 0.0549. The summed E-state index contributed by atoms with van der Waals surface area (Å²) in [7, 11) is 0. The van der Waals surface area contributed by atoms with Gasteiger partial charge in [-0.05, 0) is 20.1 Å². The molecule has 0 bridgehead atoms. The molecular weight excluding hydrogens is 256 g/mol. The number of ether oxygens (including phenoxy) is 2. The summed E-state index contributed by atoms with van der Waals surface area (Å²) < 4.78 is 9.63. The third-order valence-electron chi connectivity index (χ3n) is 1.85. The van der Waals surface area contributed by atoms with E-state index in [9.17, 15) is 9.59 Å². The maximum Gasteiger partial charge on any atom is 0.376 e. The van der Waals surface area contributed by atoms with Crippen LogP contribution in [0.2, 0.25) is 0 Å². The van der Waals surface area contributed by atoms with Crippen molar-refractivity contribution in [3.05, 3.63) is 17.6 Å². The molecule has 0 atom stereocenters. The molecule has 1 aromatic rings. The molecule has 0 N–H and O–H groups in total. The van der Waals surface area contributed by atoms with E-state index in [-0.39, 0.29) is 24.7 Å². The molecule has 98 valence electrons. The van der Waals surface area contributed by atoms with E-state index in [4.69, 9.17) is 9.47 Å². The van der Waals surface area contributed by atoms with Crippen LogP contribution in [0.4, 0.5) is 0 Å². The Morgan fingerprint density at radius 3 is 2.33 bits per heavy atom. The van der Waals surface area contributed by atoms with Crippen molar-refractivity contribution in [1.82, 2.24) is 9.97 Å². The standard InChI is InChI=1S/C11H14N2O4S/c1-4-16-10(14)7-6-8(18-3)13-9(12-7)11(15)17-5-2/h6H,4-5H2,1-3H3. The Morgan fingerprint density at radius 2 is 1.78 bits per heavy atom. The summed E-state index contributed by atoms with van der Waals surface area (Å²) in [6.07, 6.45) is 1.78. The van der Waals surface area contributed by atoms with Crippen LogP contribution in [0, 0.1) is 0 Å². The lowest BCUT2D eigenvalue weighted by Crippen LogP contribution is -2.15. The SMILES string of the molecule is CCOC(=O)c1cc(SC)nc(C(=O)OCC)n1. The fourth-order valence-corrected chi connectivity index (χ4v) is 1.53. The van der Waals surface area contributed by atoms with Crippen molar-refractivity contribution < 1.29 is 19.1 Å². The number of hydrogen-bond acceptors (Lipinski definition) is 7. The molecule has 0 radical (unpaired) electrons. The number of thioether (sulfide) groups is 1. The van der Waals surface area contributed by atoms with Crippen molar-refractivity contribution in [3.8, 4) is 0 Å². The van der Waals surface area contributed by atoms with E-state index in [1.807, 2.05) is 0 Å². The zero-order valence-corrected chi connectivity index (χ0v) is 11.2. The highest BCUT2D eigenvalue weighted by Gasteiger charge is 2.17. The summed E-state index contributed by atoms with van der Waals surface area (Å²) in [6.45, 7) is 3.84. The molecule has 6 nitrogen and oxygen atoms in total. The molecular formula is C11H14N2O4S. The molecule has 0 fully saturated rings. The van der Waals surface area contributed by atoms with Gasteiger partial charge >= 0.3 is 11.9 Å². The Bertz CT molecular complexity index is 414. The summed E-state index contributed by atoms with van der Waals surface area (Å²) >= 11 is 1.30. The zero-order valence-electron chi connectivity index (χ0n) is 10.4. The van der Waals surface area contributed by atoms with E-state index in [2.05, 4.69) is 9.97 Å². The highest BCUT2D eigenvalue weighted by atomic mass is 32.2. The minimum atomic E-state index is -0.654. The number of carbonyl (C=O) groups excluding carboxylic acids is 2. The van der Waals surface area contributed by atoms with Gasteiger partial charge in [0.25, 0.3) is 0 Å². The first kappa shape index (κ1) is 14.4. The van der Waals surface area contributed by atoms with E-state index in [1.54, 1.807) is 20.1 Å². The van der Waals surface area contributed by atoms with Gasteiger partial charge in [-0.2, -0.15) is 0 Å². The van der Waals surface area contributed by atoms with Crippen molar-refractivity contribution in [3.63, 3.8) is 0 Å². The van der Waals surface area contributed by atoms with Gasteiger partial charge in [0, 0.05) is 6.07 Å². The first-order chi connectivity index (χ1) is 8.62. The van der Waals surface area contributed by atoms with Crippen molar-refractivity contribution in [2.24, 2.45) is 0 Å². The molecule has 0 spiro atoms. The first-order valence-electron chi connectivity index (χ1n) is 5.39. The molecule has 7 heteroatoms. The normalized spacial score (nSPS) is 9.94. The number of rotatable bonds is 5. The fraction of sp³-hybridized carbons (Fsp3) is 0.455. The van der Waals surface area contributed by atoms with Gasteiger partial charge in [-0.15, -0.1) is 11.8 Å². The Balaban J connectivity index is 3.08. The summed E-state index contributed by atoms with van der Waals surface area (Å²) in [4.78, 5) is 30.9. The van der Waals surface area contributed by atoms with Crippen molar-refractivity contribution in [2.75, 3.05) is 19.5 Å². The number of nitrogens with zero attached hydrogens (tertiary/aromatic N) is 2. The van der Waals surface area contributed by atoms with Gasteiger partial charge in [0.1, 0.15) is 5.03 Å². The van der Waals surface area contributed by atoms with E-state index in [0.29, 0.717) is 5.03 Å². The minimum absolute atomic E-state index is 0.0549. The topological polar surface area (TPSA) is 78.4 Å². The Kier molecular flexibility index (Phi) is 5.57. The van der Waals surface area contributed by atoms with Gasteiger partial charge < -0.3 is 9.47 Å². The Hall–Kier alpha value is -1.63. The largest absolute Gasteiger partial charge is 0.461 e. The predicted molar refractivity (Wildman–Crippen MR) is 65.7 cm³/mol. The van der Waals surface area contributed by atoms with Crippen LogP contribution < -0.4 is 0 Å². The first-order valence-corrected chi connectivity index (χ1v) is 6.62. The summed E-state index contributed by atoms with van der Waals surface area (Å²) in [5.74, 6) is -1.37. The van der Waals surface area contributed by atoms with Crippen molar-refractivity contribution in [2.45, 2.75) is 18.9 Å². The lowest BCUT2D eigenvalue weighted by atomic mass is 10.4. The van der Waals surface area contributed by atoms with Crippen LogP contribution in [0.1, 0.15) is 35.0 Å². The molecule has 1 heterocycles. The zero-order chi connectivity index (χ0) is 13.5. The van der Waals surface area contributed by atoms with Crippen LogP contribution in [0.15, 0.2) is 11.1 Å². The number of esters is 2. The van der Waals surface area contributed by atoms with Gasteiger partial charge in [-0.3, -0.25) is 0 Å². The molecule has 0 aliphatic heterocycles. The summed E-state index contributed by atoms with van der Waals surface area (Å²) in [5, 5.41) is 0.510. The van der Waals surface area contributed by atoms with E-state index in [0.717, 1.165) is 0 Å². The van der Waals surface area contributed by atoms with E-state index in [1.165, 1.54) is 17.8 Å². The van der Waals surface area contributed by atoms with Gasteiger partial charge in [-0.25, -0.2) is 19.6 Å². The van der Waals surface area contributed by atoms with Crippen LogP contribution in [-0.2, 0) is 9.47 Å². The quantitative estimate of drug-likeness (QED) is 0.456. The van der Waals surface area contributed by atoms with Crippen LogP contribution in [0.5, 0.6) is 0 Å². The molecule has 1 aromatic heterocycles. The van der Waals surface area contributed by atoms with Gasteiger partial charge in [0.15, 0.2) is 5.69 Å². The van der Waals surface area contributed by atoms with E-state index < -0.39 is 11.9 Å². The maximum atomic E-state index is 11.6. The fourth-order valence-electron chi connectivity index (χ4n) is 1.13. The molecule has 0 saturated heterocycles. The predicted octanol–water partition coefficient (Wildman–Crippen LogP) is 1.55. The van der Waals surface area contributed by atoms with Crippen LogP contribution >= 0.6 is 11.8 Å². The van der Waals surface area contributed by atoms with Crippen molar-refractivity contribution >= 4 is 23.7 Å². The van der Waals surface area contributed by atoms with Gasteiger partial charge in [-0.1, -0.05) is 0 Å². The molecule has 0 saturated carbocycles. The lowest BCUT2D eigenvalue weighted by Gasteiger charge is -2.05. The average molecular weight is 270 g/mol. The second-order valence-electron chi connectivity index (χ2n) is 3.06. The number of aromatic nitrogens is 2. The van der Waals surface area contributed by atoms with Gasteiger partial charge in [0.05, 0.1) is 13.2 Å². The highest BCUT2D eigenvalue weighted by molar-refractivity contribution is 7.98. The van der Waals surface area contributed by atoms with Crippen molar-refractivity contribution in [1.29, 1.82) is 0 Å². The highest BCUT2D eigenvalue weighted by Crippen LogP contribution is 2.14. The van der Waals surface area contributed by atoms with Crippen LogP contribution in [0.25, 0.3) is 0 Å². The maximum absolute atomic E-state index is 11.6. The molecule has 0 aromatic carbocycles. The second-order valence-corrected chi connectivity index (χ2v) is 3.89. The lowest BCUT2D eigenvalue weighted by molar-refractivity contribution is 0.0504. The third-order valence-corrected chi connectivity index (χ3v) is 2.48. The number of carbonyl (C=O) groups is 2. The molecule has 0 aliphatic rings. The minimum Gasteiger partial charge on any atom is -0.461 e. The summed E-state index contributed by atoms with van der Waals surface area (Å²) in [6, 6.07) is 1.48. The number of hydrogen-bond donors (Lipinski definition) is 0. The smallest absolute Gasteiger partial charge is 0.376 e. The van der Waals surface area contributed by atoms with Crippen LogP contribution in [-0.4, -0.2) is 41.4 Å². The second kappa shape index (κ2) is 6.95. The van der Waals surface area contributed by atoms with Crippen LogP contribution in [0.3, 0.4) is 0 Å². The third kappa shape index (κ3) is 3.69. The average Bonchev–Trinajstić information content (AvgIpc) is 2.38. The Morgan fingerprint density at radius 1 is 1.17 bits per heavy atom.